The molecule has 0 N–H and O–H groups in total. The topological polar surface area (TPSA) is 3.24 Å². The van der Waals surface area contributed by atoms with Crippen LogP contribution in [0.25, 0.3) is 0 Å². The second kappa shape index (κ2) is 6.00. The highest BCUT2D eigenvalue weighted by Gasteiger charge is 1.94. The lowest BCUT2D eigenvalue weighted by Crippen LogP contribution is -2.20. The minimum atomic E-state index is 0.959. The Morgan fingerprint density at radius 3 is 2.64 bits per heavy atom. The Morgan fingerprint density at radius 1 is 1.55 bits per heavy atom. The fraction of sp³-hybridized carbons (Fsp3) is 0.600. The first-order valence-corrected chi connectivity index (χ1v) is 3.89. The van der Waals surface area contributed by atoms with Crippen molar-refractivity contribution in [2.24, 2.45) is 0 Å². The number of rotatable bonds is 4. The van der Waals surface area contributed by atoms with E-state index in [1.165, 1.54) is 5.57 Å². The van der Waals surface area contributed by atoms with Crippen molar-refractivity contribution < 1.29 is 0 Å². The molecule has 62 valence electrons. The molecule has 0 spiro atoms. The van der Waals surface area contributed by atoms with Crippen LogP contribution >= 0.6 is 0 Å². The van der Waals surface area contributed by atoms with Crippen molar-refractivity contribution in [1.82, 2.24) is 4.90 Å². The molecule has 0 aromatic carbocycles. The van der Waals surface area contributed by atoms with E-state index in [1.807, 2.05) is 13.8 Å². The first-order valence-electron chi connectivity index (χ1n) is 3.89. The zero-order valence-electron chi connectivity index (χ0n) is 7.78. The molecule has 11 heavy (non-hydrogen) atoms. The molecule has 1 nitrogen and oxygen atoms in total. The number of hydrogen-bond acceptors (Lipinski definition) is 1. The maximum atomic E-state index is 3.85. The van der Waals surface area contributed by atoms with Gasteiger partial charge in [0.1, 0.15) is 0 Å². The highest BCUT2D eigenvalue weighted by Crippen LogP contribution is 1.92. The lowest BCUT2D eigenvalue weighted by Gasteiger charge is -2.14. The second-order valence-corrected chi connectivity index (χ2v) is 2.87. The highest BCUT2D eigenvalue weighted by atomic mass is 15.1. The van der Waals surface area contributed by atoms with Crippen molar-refractivity contribution >= 4 is 0 Å². The molecule has 0 aliphatic carbocycles. The molecule has 0 aromatic heterocycles. The van der Waals surface area contributed by atoms with E-state index in [0.29, 0.717) is 0 Å². The highest BCUT2D eigenvalue weighted by molar-refractivity contribution is 4.96. The van der Waals surface area contributed by atoms with Crippen LogP contribution < -0.4 is 0 Å². The van der Waals surface area contributed by atoms with Crippen molar-refractivity contribution in [3.63, 3.8) is 0 Å². The predicted molar refractivity (Wildman–Crippen MR) is 50.4 cm³/mol. The monoisotopic (exact) mass is 151 g/mol. The van der Waals surface area contributed by atoms with Crippen LogP contribution in [0.5, 0.6) is 0 Å². The summed E-state index contributed by atoms with van der Waals surface area (Å²) in [6.45, 7) is 9.78. The summed E-state index contributed by atoms with van der Waals surface area (Å²) in [4.78, 5) is 2.23. The third-order valence-corrected chi connectivity index (χ3v) is 1.34. The average molecular weight is 151 g/mol. The van der Waals surface area contributed by atoms with E-state index < -0.39 is 0 Å². The van der Waals surface area contributed by atoms with Gasteiger partial charge in [-0.15, -0.1) is 11.8 Å². The van der Waals surface area contributed by atoms with Gasteiger partial charge in [-0.1, -0.05) is 12.2 Å². The summed E-state index contributed by atoms with van der Waals surface area (Å²) in [5.74, 6) is 5.91. The van der Waals surface area contributed by atoms with Gasteiger partial charge in [-0.3, -0.25) is 0 Å². The average Bonchev–Trinajstić information content (AvgIpc) is 1.86. The van der Waals surface area contributed by atoms with Gasteiger partial charge in [-0.25, -0.2) is 0 Å². The second-order valence-electron chi connectivity index (χ2n) is 2.87. The first kappa shape index (κ1) is 10.3. The standard InChI is InChI=1S/C10H17N/c1-5-6-7-8-11(4)9-10(2)3/h2,7-9H2,1,3-4H3. The van der Waals surface area contributed by atoms with Gasteiger partial charge < -0.3 is 4.90 Å². The summed E-state index contributed by atoms with van der Waals surface area (Å²) < 4.78 is 0. The van der Waals surface area contributed by atoms with Crippen LogP contribution in [0.2, 0.25) is 0 Å². The predicted octanol–water partition coefficient (Wildman–Crippen LogP) is 1.91. The molecule has 0 unspecified atom stereocenters. The van der Waals surface area contributed by atoms with Gasteiger partial charge in [0.2, 0.25) is 0 Å². The third-order valence-electron chi connectivity index (χ3n) is 1.34. The Kier molecular flexibility index (Phi) is 5.60. The van der Waals surface area contributed by atoms with Gasteiger partial charge in [0.25, 0.3) is 0 Å². The van der Waals surface area contributed by atoms with Crippen molar-refractivity contribution in [1.29, 1.82) is 0 Å². The third kappa shape index (κ3) is 7.15. The SMILES string of the molecule is C=C(C)CN(C)CCC#CC. The molecule has 0 saturated heterocycles. The van der Waals surface area contributed by atoms with Gasteiger partial charge in [0.05, 0.1) is 0 Å². The Hall–Kier alpha value is -0.740. The van der Waals surface area contributed by atoms with E-state index in [2.05, 4.69) is 30.4 Å². The minimum absolute atomic E-state index is 0.959. The minimum Gasteiger partial charge on any atom is -0.302 e. The van der Waals surface area contributed by atoms with E-state index in [4.69, 9.17) is 0 Å². The van der Waals surface area contributed by atoms with Crippen molar-refractivity contribution in [3.8, 4) is 11.8 Å². The Balaban J connectivity index is 3.41. The normalized spacial score (nSPS) is 9.09. The molecular formula is C10H17N. The number of nitrogens with zero attached hydrogens (tertiary/aromatic N) is 1. The Labute approximate surface area is 70.1 Å². The molecule has 0 fully saturated rings. The van der Waals surface area contributed by atoms with Crippen molar-refractivity contribution in [2.45, 2.75) is 20.3 Å². The largest absolute Gasteiger partial charge is 0.302 e. The molecule has 0 rings (SSSR count). The van der Waals surface area contributed by atoms with Gasteiger partial charge in [-0.2, -0.15) is 0 Å². The van der Waals surface area contributed by atoms with E-state index in [0.717, 1.165) is 19.5 Å². The molecule has 0 amide bonds. The van der Waals surface area contributed by atoms with Crippen LogP contribution in [0.15, 0.2) is 12.2 Å². The summed E-state index contributed by atoms with van der Waals surface area (Å²) in [5, 5.41) is 0. The molecule has 0 radical (unpaired) electrons. The smallest absolute Gasteiger partial charge is 0.0216 e. The van der Waals surface area contributed by atoms with Crippen LogP contribution in [0.4, 0.5) is 0 Å². The van der Waals surface area contributed by atoms with Gasteiger partial charge in [0, 0.05) is 19.5 Å². The van der Waals surface area contributed by atoms with Crippen LogP contribution in [0.1, 0.15) is 20.3 Å². The molecule has 0 saturated carbocycles. The number of likely N-dealkylation sites (N-methyl/N-ethyl adjacent to an activating group) is 1. The molecule has 0 aromatic rings. The quantitative estimate of drug-likeness (QED) is 0.438. The molecule has 0 aliphatic heterocycles. The van der Waals surface area contributed by atoms with Crippen LogP contribution in [0.3, 0.4) is 0 Å². The Bertz CT molecular complexity index is 171. The zero-order chi connectivity index (χ0) is 8.69. The lowest BCUT2D eigenvalue weighted by molar-refractivity contribution is 0.372. The molecular weight excluding hydrogens is 134 g/mol. The molecule has 0 aliphatic rings. The maximum absolute atomic E-state index is 3.85. The van der Waals surface area contributed by atoms with Gasteiger partial charge >= 0.3 is 0 Å². The summed E-state index contributed by atoms with van der Waals surface area (Å²) in [6, 6.07) is 0. The van der Waals surface area contributed by atoms with E-state index in [1.54, 1.807) is 0 Å². The van der Waals surface area contributed by atoms with E-state index in [9.17, 15) is 0 Å². The van der Waals surface area contributed by atoms with Crippen LogP contribution in [0, 0.1) is 11.8 Å². The van der Waals surface area contributed by atoms with Crippen LogP contribution in [-0.4, -0.2) is 25.0 Å². The fourth-order valence-electron chi connectivity index (χ4n) is 0.912. The zero-order valence-corrected chi connectivity index (χ0v) is 7.78. The Morgan fingerprint density at radius 2 is 2.18 bits per heavy atom. The first-order chi connectivity index (χ1) is 5.16. The summed E-state index contributed by atoms with van der Waals surface area (Å²) >= 11 is 0. The summed E-state index contributed by atoms with van der Waals surface area (Å²) in [7, 11) is 2.09. The summed E-state index contributed by atoms with van der Waals surface area (Å²) in [6.07, 6.45) is 0.959. The van der Waals surface area contributed by atoms with Crippen LogP contribution in [-0.2, 0) is 0 Å². The summed E-state index contributed by atoms with van der Waals surface area (Å²) in [5.41, 5.74) is 1.21. The molecule has 0 heterocycles. The fourth-order valence-corrected chi connectivity index (χ4v) is 0.912. The lowest BCUT2D eigenvalue weighted by atomic mass is 10.3. The molecule has 1 heteroatoms. The van der Waals surface area contributed by atoms with Crippen molar-refractivity contribution in [3.05, 3.63) is 12.2 Å². The van der Waals surface area contributed by atoms with E-state index in [-0.39, 0.29) is 0 Å². The molecule has 0 bridgehead atoms. The van der Waals surface area contributed by atoms with Gasteiger partial charge in [-0.05, 0) is 20.9 Å². The van der Waals surface area contributed by atoms with Crippen molar-refractivity contribution in [2.75, 3.05) is 20.1 Å². The van der Waals surface area contributed by atoms with Gasteiger partial charge in [0.15, 0.2) is 0 Å². The van der Waals surface area contributed by atoms with E-state index >= 15 is 0 Å². The number of hydrogen-bond donors (Lipinski definition) is 0. The molecule has 0 atom stereocenters. The maximum Gasteiger partial charge on any atom is 0.0216 e.